The summed E-state index contributed by atoms with van der Waals surface area (Å²) in [6.45, 7) is 1.23. The summed E-state index contributed by atoms with van der Waals surface area (Å²) < 4.78 is 0. The Morgan fingerprint density at radius 3 is 2.28 bits per heavy atom. The lowest BCUT2D eigenvalue weighted by molar-refractivity contribution is -0.146. The fourth-order valence-electron chi connectivity index (χ4n) is 2.18. The van der Waals surface area contributed by atoms with Gasteiger partial charge in [-0.1, -0.05) is 12.1 Å². The molecule has 1 aliphatic heterocycles. The largest absolute Gasteiger partial charge is 0.508 e. The average Bonchev–Trinajstić information content (AvgIpc) is 2.47. The predicted octanol–water partition coefficient (Wildman–Crippen LogP) is 0.0954. The molecule has 1 saturated heterocycles. The zero-order valence-corrected chi connectivity index (χ0v) is 10.3. The first-order valence-electron chi connectivity index (χ1n) is 5.66. The van der Waals surface area contributed by atoms with Crippen LogP contribution in [0.4, 0.5) is 0 Å². The summed E-state index contributed by atoms with van der Waals surface area (Å²) in [7, 11) is 1.51. The molecular weight excluding hydrogens is 234 g/mol. The van der Waals surface area contributed by atoms with Crippen LogP contribution in [0, 0.1) is 0 Å². The summed E-state index contributed by atoms with van der Waals surface area (Å²) in [6, 6.07) is 5.77. The van der Waals surface area contributed by atoms with Crippen molar-refractivity contribution in [3.05, 3.63) is 29.8 Å². The number of aliphatic hydroxyl groups is 1. The molecule has 1 aromatic carbocycles. The second-order valence-corrected chi connectivity index (χ2v) is 4.74. The van der Waals surface area contributed by atoms with E-state index in [1.54, 1.807) is 12.1 Å². The summed E-state index contributed by atoms with van der Waals surface area (Å²) in [5, 5.41) is 19.0. The van der Waals surface area contributed by atoms with Crippen LogP contribution in [0.1, 0.15) is 12.5 Å². The molecule has 5 nitrogen and oxygen atoms in total. The Balaban J connectivity index is 2.22. The van der Waals surface area contributed by atoms with Gasteiger partial charge in [0.05, 0.1) is 6.04 Å². The molecule has 0 saturated carbocycles. The van der Waals surface area contributed by atoms with Crippen molar-refractivity contribution in [3.63, 3.8) is 0 Å². The molecule has 2 rings (SSSR count). The Labute approximate surface area is 105 Å². The number of nitrogens with zero attached hydrogens (tertiary/aromatic N) is 1. The highest BCUT2D eigenvalue weighted by Crippen LogP contribution is 2.26. The second-order valence-electron chi connectivity index (χ2n) is 4.74. The minimum Gasteiger partial charge on any atom is -0.508 e. The van der Waals surface area contributed by atoms with E-state index in [-0.39, 0.29) is 5.75 Å². The molecule has 96 valence electrons. The summed E-state index contributed by atoms with van der Waals surface area (Å²) in [5.74, 6) is -0.910. The predicted molar refractivity (Wildman–Crippen MR) is 64.0 cm³/mol. The number of rotatable bonds is 2. The molecular formula is C13H15NO4. The Morgan fingerprint density at radius 2 is 1.83 bits per heavy atom. The van der Waals surface area contributed by atoms with Gasteiger partial charge in [0, 0.05) is 13.5 Å². The number of aromatic hydroxyl groups is 1. The Morgan fingerprint density at radius 1 is 1.28 bits per heavy atom. The van der Waals surface area contributed by atoms with E-state index in [1.165, 1.54) is 31.0 Å². The lowest BCUT2D eigenvalue weighted by Crippen LogP contribution is -2.39. The van der Waals surface area contributed by atoms with Crippen LogP contribution in [-0.4, -0.2) is 45.5 Å². The fourth-order valence-corrected chi connectivity index (χ4v) is 2.18. The third kappa shape index (κ3) is 1.86. The molecule has 0 aromatic heterocycles. The van der Waals surface area contributed by atoms with Crippen LogP contribution in [0.5, 0.6) is 5.75 Å². The maximum absolute atomic E-state index is 12.0. The number of ketones is 1. The van der Waals surface area contributed by atoms with Crippen LogP contribution in [0.25, 0.3) is 0 Å². The number of hydrogen-bond acceptors (Lipinski definition) is 4. The Kier molecular flexibility index (Phi) is 2.86. The zero-order valence-electron chi connectivity index (χ0n) is 10.3. The number of carbonyl (C=O) groups excluding carboxylic acids is 2. The van der Waals surface area contributed by atoms with Gasteiger partial charge in [-0.05, 0) is 24.6 Å². The van der Waals surface area contributed by atoms with E-state index >= 15 is 0 Å². The van der Waals surface area contributed by atoms with Crippen molar-refractivity contribution in [2.75, 3.05) is 7.05 Å². The minimum absolute atomic E-state index is 0.146. The van der Waals surface area contributed by atoms with Gasteiger partial charge in [0.15, 0.2) is 5.78 Å². The van der Waals surface area contributed by atoms with Crippen molar-refractivity contribution in [1.29, 1.82) is 0 Å². The second kappa shape index (κ2) is 4.10. The molecule has 0 radical (unpaired) electrons. The number of hydrogen-bond donors (Lipinski definition) is 2. The van der Waals surface area contributed by atoms with Gasteiger partial charge in [-0.2, -0.15) is 0 Å². The number of Topliss-reactive ketones (excluding diaryl/α,β-unsaturated/α-hetero) is 1. The molecule has 2 N–H and O–H groups in total. The highest BCUT2D eigenvalue weighted by molar-refractivity contribution is 6.16. The maximum atomic E-state index is 12.0. The van der Waals surface area contributed by atoms with Gasteiger partial charge in [-0.25, -0.2) is 0 Å². The Bertz CT molecular complexity index is 492. The van der Waals surface area contributed by atoms with Crippen molar-refractivity contribution in [2.24, 2.45) is 0 Å². The number of carbonyl (C=O) groups is 2. The normalized spacial score (nSPS) is 27.9. The van der Waals surface area contributed by atoms with Crippen molar-refractivity contribution in [3.8, 4) is 5.75 Å². The number of likely N-dealkylation sites (N-methyl/N-ethyl adjacent to an activating group) is 1. The van der Waals surface area contributed by atoms with E-state index in [9.17, 15) is 19.8 Å². The van der Waals surface area contributed by atoms with Crippen LogP contribution >= 0.6 is 0 Å². The monoisotopic (exact) mass is 249 g/mol. The molecule has 0 unspecified atom stereocenters. The quantitative estimate of drug-likeness (QED) is 0.728. The standard InChI is InChI=1S/C13H15NO4/c1-13(18)11(16)10(14(2)12(13)17)7-8-3-5-9(15)6-4-8/h3-6,10,15,18H,7H2,1-2H3/t10-,13+/m1/s1. The molecule has 5 heteroatoms. The van der Waals surface area contributed by atoms with E-state index in [2.05, 4.69) is 0 Å². The molecule has 0 spiro atoms. The number of likely N-dealkylation sites (tertiary alicyclic amines) is 1. The first-order chi connectivity index (χ1) is 8.34. The highest BCUT2D eigenvalue weighted by atomic mass is 16.3. The summed E-state index contributed by atoms with van der Waals surface area (Å²) in [4.78, 5) is 24.9. The van der Waals surface area contributed by atoms with Gasteiger partial charge in [-0.3, -0.25) is 9.59 Å². The minimum atomic E-state index is -1.92. The van der Waals surface area contributed by atoms with Crippen molar-refractivity contribution in [2.45, 2.75) is 25.0 Å². The zero-order chi connectivity index (χ0) is 13.5. The van der Waals surface area contributed by atoms with Crippen LogP contribution in [0.2, 0.25) is 0 Å². The lowest BCUT2D eigenvalue weighted by atomic mass is 9.96. The molecule has 0 bridgehead atoms. The van der Waals surface area contributed by atoms with Crippen LogP contribution in [-0.2, 0) is 16.0 Å². The lowest BCUT2D eigenvalue weighted by Gasteiger charge is -2.17. The van der Waals surface area contributed by atoms with Crippen LogP contribution in [0.15, 0.2) is 24.3 Å². The van der Waals surface area contributed by atoms with Gasteiger partial charge in [0.1, 0.15) is 5.75 Å². The maximum Gasteiger partial charge on any atom is 0.262 e. The number of phenolic OH excluding ortho intramolecular Hbond substituents is 1. The van der Waals surface area contributed by atoms with Crippen molar-refractivity contribution in [1.82, 2.24) is 4.90 Å². The van der Waals surface area contributed by atoms with Gasteiger partial charge < -0.3 is 15.1 Å². The molecule has 18 heavy (non-hydrogen) atoms. The van der Waals surface area contributed by atoms with Crippen molar-refractivity contribution < 1.29 is 19.8 Å². The number of benzene rings is 1. The first kappa shape index (κ1) is 12.6. The number of amides is 1. The number of phenols is 1. The van der Waals surface area contributed by atoms with Gasteiger partial charge in [0.2, 0.25) is 5.60 Å². The molecule has 1 fully saturated rings. The molecule has 1 aliphatic rings. The van der Waals surface area contributed by atoms with Crippen LogP contribution < -0.4 is 0 Å². The summed E-state index contributed by atoms with van der Waals surface area (Å²) in [5.41, 5.74) is -1.10. The van der Waals surface area contributed by atoms with Crippen LogP contribution in [0.3, 0.4) is 0 Å². The molecule has 1 heterocycles. The summed E-state index contributed by atoms with van der Waals surface area (Å²) in [6.07, 6.45) is 0.331. The molecule has 0 aliphatic carbocycles. The fraction of sp³-hybridized carbons (Fsp3) is 0.385. The van der Waals surface area contributed by atoms with E-state index in [1.807, 2.05) is 0 Å². The first-order valence-corrected chi connectivity index (χ1v) is 5.66. The van der Waals surface area contributed by atoms with E-state index in [0.29, 0.717) is 6.42 Å². The molecule has 2 atom stereocenters. The van der Waals surface area contributed by atoms with E-state index in [4.69, 9.17) is 0 Å². The van der Waals surface area contributed by atoms with Gasteiger partial charge in [-0.15, -0.1) is 0 Å². The highest BCUT2D eigenvalue weighted by Gasteiger charge is 2.53. The third-order valence-corrected chi connectivity index (χ3v) is 3.35. The average molecular weight is 249 g/mol. The smallest absolute Gasteiger partial charge is 0.262 e. The third-order valence-electron chi connectivity index (χ3n) is 3.35. The van der Waals surface area contributed by atoms with Gasteiger partial charge >= 0.3 is 0 Å². The van der Waals surface area contributed by atoms with Gasteiger partial charge in [0.25, 0.3) is 5.91 Å². The molecule has 1 aromatic rings. The summed E-state index contributed by atoms with van der Waals surface area (Å²) >= 11 is 0. The van der Waals surface area contributed by atoms with Crippen molar-refractivity contribution >= 4 is 11.7 Å². The topological polar surface area (TPSA) is 77.8 Å². The SMILES string of the molecule is CN1C(=O)[C@@](C)(O)C(=O)[C@H]1Cc1ccc(O)cc1. The van der Waals surface area contributed by atoms with E-state index < -0.39 is 23.3 Å². The van der Waals surface area contributed by atoms with E-state index in [0.717, 1.165) is 5.56 Å². The Hall–Kier alpha value is -1.88. The molecule has 1 amide bonds.